The van der Waals surface area contributed by atoms with Gasteiger partial charge in [0.05, 0.1) is 0 Å². The van der Waals surface area contributed by atoms with E-state index in [2.05, 4.69) is 0 Å². The number of aliphatic hydroxyl groups excluding tert-OH is 1. The molecule has 0 saturated carbocycles. The van der Waals surface area contributed by atoms with Gasteiger partial charge in [-0.3, -0.25) is 4.79 Å². The van der Waals surface area contributed by atoms with Crippen molar-refractivity contribution in [2.24, 2.45) is 0 Å². The largest absolute Gasteiger partial charge is 0.443 e. The highest BCUT2D eigenvalue weighted by Gasteiger charge is 2.39. The van der Waals surface area contributed by atoms with Gasteiger partial charge < -0.3 is 9.84 Å². The summed E-state index contributed by atoms with van der Waals surface area (Å²) in [6.07, 6.45) is -2.35. The van der Waals surface area contributed by atoms with E-state index in [0.29, 0.717) is 10.5 Å². The first kappa shape index (κ1) is 17.3. The first-order valence-corrected chi connectivity index (χ1v) is 7.26. The van der Waals surface area contributed by atoms with Gasteiger partial charge in [-0.25, -0.2) is 18.5 Å². The zero-order chi connectivity index (χ0) is 17.4. The molecule has 1 fully saturated rings. The van der Waals surface area contributed by atoms with Crippen LogP contribution in [0.15, 0.2) is 18.2 Å². The van der Waals surface area contributed by atoms with Gasteiger partial charge in [0.15, 0.2) is 11.6 Å². The van der Waals surface area contributed by atoms with E-state index in [0.717, 1.165) is 12.1 Å². The fraction of sp³-hybridized carbons (Fsp3) is 0.500. The van der Waals surface area contributed by atoms with Crippen LogP contribution in [0.25, 0.3) is 0 Å². The molecule has 1 N–H and O–H groups in total. The molecule has 126 valence electrons. The first-order chi connectivity index (χ1) is 10.6. The number of carbonyl (C=O) groups is 2. The third kappa shape index (κ3) is 4.04. The van der Waals surface area contributed by atoms with E-state index in [1.807, 2.05) is 0 Å². The van der Waals surface area contributed by atoms with Crippen LogP contribution >= 0.6 is 0 Å². The van der Waals surface area contributed by atoms with Crippen molar-refractivity contribution in [1.82, 2.24) is 4.90 Å². The molecule has 1 heterocycles. The van der Waals surface area contributed by atoms with Crippen LogP contribution in [0.1, 0.15) is 45.1 Å². The first-order valence-electron chi connectivity index (χ1n) is 7.26. The molecule has 1 aromatic rings. The summed E-state index contributed by atoms with van der Waals surface area (Å²) in [4.78, 5) is 24.8. The molecule has 1 saturated heterocycles. The molecule has 23 heavy (non-hydrogen) atoms. The second kappa shape index (κ2) is 6.23. The van der Waals surface area contributed by atoms with E-state index >= 15 is 0 Å². The van der Waals surface area contributed by atoms with Gasteiger partial charge in [-0.1, -0.05) is 6.07 Å². The highest BCUT2D eigenvalue weighted by molar-refractivity contribution is 5.93. The molecule has 0 spiro atoms. The van der Waals surface area contributed by atoms with Crippen LogP contribution in [0, 0.1) is 11.6 Å². The van der Waals surface area contributed by atoms with E-state index in [9.17, 15) is 23.5 Å². The normalized spacial score (nSPS) is 22.2. The Balaban J connectivity index is 2.14. The second-order valence-corrected chi connectivity index (χ2v) is 6.53. The molecule has 1 aliphatic heterocycles. The number of halogens is 2. The van der Waals surface area contributed by atoms with Crippen molar-refractivity contribution in [2.75, 3.05) is 0 Å². The lowest BCUT2D eigenvalue weighted by atomic mass is 9.88. The molecule has 0 aromatic heterocycles. The maximum absolute atomic E-state index is 13.3. The number of ether oxygens (including phenoxy) is 1. The zero-order valence-corrected chi connectivity index (χ0v) is 13.2. The van der Waals surface area contributed by atoms with E-state index in [-0.39, 0.29) is 12.8 Å². The fourth-order valence-electron chi connectivity index (χ4n) is 2.47. The second-order valence-electron chi connectivity index (χ2n) is 6.53. The van der Waals surface area contributed by atoms with Crippen LogP contribution < -0.4 is 0 Å². The molecule has 5 nitrogen and oxygen atoms in total. The number of carbonyl (C=O) groups excluding carboxylic acids is 2. The van der Waals surface area contributed by atoms with Gasteiger partial charge in [0.1, 0.15) is 11.8 Å². The molecule has 0 aliphatic carbocycles. The van der Waals surface area contributed by atoms with Crippen molar-refractivity contribution in [3.63, 3.8) is 0 Å². The van der Waals surface area contributed by atoms with E-state index in [1.165, 1.54) is 6.07 Å². The highest BCUT2D eigenvalue weighted by Crippen LogP contribution is 2.33. The number of amides is 2. The average Bonchev–Trinajstić information content (AvgIpc) is 2.38. The Bertz CT molecular complexity index is 627. The minimum Gasteiger partial charge on any atom is -0.443 e. The minimum atomic E-state index is -1.37. The number of piperidine rings is 1. The Kier molecular flexibility index (Phi) is 4.70. The number of benzene rings is 1. The van der Waals surface area contributed by atoms with Gasteiger partial charge in [0.2, 0.25) is 5.91 Å². The summed E-state index contributed by atoms with van der Waals surface area (Å²) in [6, 6.07) is 3.34. The summed E-state index contributed by atoms with van der Waals surface area (Å²) in [6.45, 7) is 4.95. The topological polar surface area (TPSA) is 66.8 Å². The minimum absolute atomic E-state index is 0.0378. The van der Waals surface area contributed by atoms with Crippen molar-refractivity contribution in [2.45, 2.75) is 51.4 Å². The summed E-state index contributed by atoms with van der Waals surface area (Å²) in [7, 11) is 0. The van der Waals surface area contributed by atoms with Gasteiger partial charge >= 0.3 is 6.09 Å². The van der Waals surface area contributed by atoms with E-state index < -0.39 is 41.4 Å². The van der Waals surface area contributed by atoms with Crippen LogP contribution in [0.5, 0.6) is 0 Å². The summed E-state index contributed by atoms with van der Waals surface area (Å²) in [5.74, 6) is -3.11. The number of likely N-dealkylation sites (tertiary alicyclic amines) is 1. The molecule has 0 radical (unpaired) electrons. The van der Waals surface area contributed by atoms with Crippen LogP contribution in [-0.4, -0.2) is 33.8 Å². The number of hydrogen-bond acceptors (Lipinski definition) is 4. The van der Waals surface area contributed by atoms with Crippen LogP contribution in [0.4, 0.5) is 13.6 Å². The lowest BCUT2D eigenvalue weighted by Gasteiger charge is -2.35. The molecule has 2 amide bonds. The van der Waals surface area contributed by atoms with Gasteiger partial charge in [0, 0.05) is 12.8 Å². The lowest BCUT2D eigenvalue weighted by molar-refractivity contribution is -0.145. The standard InChI is InChI=1S/C16H19F2NO4/c1-16(2,3)23-15(22)19-13(20)7-10(8-14(19)21)9-4-5-11(17)12(18)6-9/h4-6,10,13,20H,7-8H2,1-3H3/t10-,13?/m1/s1. The van der Waals surface area contributed by atoms with Crippen molar-refractivity contribution >= 4 is 12.0 Å². The van der Waals surface area contributed by atoms with E-state index in [4.69, 9.17) is 4.74 Å². The monoisotopic (exact) mass is 327 g/mol. The summed E-state index contributed by atoms with van der Waals surface area (Å²) in [5.41, 5.74) is -0.395. The summed E-state index contributed by atoms with van der Waals surface area (Å²) >= 11 is 0. The Labute approximate surface area is 132 Å². The number of aliphatic hydroxyl groups is 1. The maximum atomic E-state index is 13.3. The SMILES string of the molecule is CC(C)(C)OC(=O)N1C(=O)C[C@H](c2ccc(F)c(F)c2)CC1O. The smallest absolute Gasteiger partial charge is 0.419 e. The molecular formula is C16H19F2NO4. The van der Waals surface area contributed by atoms with Crippen molar-refractivity contribution < 1.29 is 28.2 Å². The highest BCUT2D eigenvalue weighted by atomic mass is 19.2. The van der Waals surface area contributed by atoms with Crippen LogP contribution in [0.3, 0.4) is 0 Å². The van der Waals surface area contributed by atoms with Gasteiger partial charge in [-0.15, -0.1) is 0 Å². The van der Waals surface area contributed by atoms with Crippen molar-refractivity contribution in [3.8, 4) is 0 Å². The summed E-state index contributed by atoms with van der Waals surface area (Å²) < 4.78 is 31.4. The molecule has 7 heteroatoms. The van der Waals surface area contributed by atoms with Gasteiger partial charge in [-0.2, -0.15) is 0 Å². The van der Waals surface area contributed by atoms with Crippen molar-refractivity contribution in [1.29, 1.82) is 0 Å². The molecule has 2 rings (SSSR count). The third-order valence-electron chi connectivity index (χ3n) is 3.49. The Hall–Kier alpha value is -2.02. The predicted octanol–water partition coefficient (Wildman–Crippen LogP) is 2.92. The van der Waals surface area contributed by atoms with Crippen LogP contribution in [0.2, 0.25) is 0 Å². The number of imide groups is 1. The third-order valence-corrected chi connectivity index (χ3v) is 3.49. The van der Waals surface area contributed by atoms with Crippen molar-refractivity contribution in [3.05, 3.63) is 35.4 Å². The maximum Gasteiger partial charge on any atom is 0.419 e. The summed E-state index contributed by atoms with van der Waals surface area (Å²) in [5, 5.41) is 10.1. The lowest BCUT2D eigenvalue weighted by Crippen LogP contribution is -2.50. The van der Waals surface area contributed by atoms with Gasteiger partial charge in [0.25, 0.3) is 0 Å². The fourth-order valence-corrected chi connectivity index (χ4v) is 2.47. The van der Waals surface area contributed by atoms with E-state index in [1.54, 1.807) is 20.8 Å². The Morgan fingerprint density at radius 1 is 1.30 bits per heavy atom. The molecule has 1 aliphatic rings. The van der Waals surface area contributed by atoms with Crippen LogP contribution in [-0.2, 0) is 9.53 Å². The number of rotatable bonds is 1. The molecular weight excluding hydrogens is 308 g/mol. The predicted molar refractivity (Wildman–Crippen MR) is 77.4 cm³/mol. The number of hydrogen-bond donors (Lipinski definition) is 1. The Morgan fingerprint density at radius 2 is 1.96 bits per heavy atom. The number of nitrogens with zero attached hydrogens (tertiary/aromatic N) is 1. The zero-order valence-electron chi connectivity index (χ0n) is 13.2. The molecule has 0 bridgehead atoms. The molecule has 1 unspecified atom stereocenters. The molecule has 2 atom stereocenters. The quantitative estimate of drug-likeness (QED) is 0.861. The Morgan fingerprint density at radius 3 is 2.48 bits per heavy atom. The van der Waals surface area contributed by atoms with Gasteiger partial charge in [-0.05, 0) is 44.4 Å². The molecule has 1 aromatic carbocycles. The average molecular weight is 327 g/mol.